The van der Waals surface area contributed by atoms with E-state index in [1.807, 2.05) is 0 Å². The van der Waals surface area contributed by atoms with E-state index >= 15 is 0 Å². The molecule has 0 aliphatic heterocycles. The maximum atomic E-state index is 2.42. The standard InChI is InChI=1S/C21H38/c1-10-14-21(8,9)15-19(7)20(17(5)11-2)18(6)13-12-16(3)4/h12-13,19H,10-11,14-15H2,1-9H3. The first-order valence-electron chi connectivity index (χ1n) is 8.66. The molecule has 0 bridgehead atoms. The Morgan fingerprint density at radius 3 is 2.00 bits per heavy atom. The van der Waals surface area contributed by atoms with Gasteiger partial charge in [0.05, 0.1) is 0 Å². The molecule has 0 aromatic heterocycles. The minimum absolute atomic E-state index is 0.435. The van der Waals surface area contributed by atoms with Gasteiger partial charge in [-0.1, -0.05) is 64.3 Å². The normalized spacial score (nSPS) is 15.6. The molecule has 1 unspecified atom stereocenters. The van der Waals surface area contributed by atoms with Crippen molar-refractivity contribution < 1.29 is 0 Å². The zero-order valence-electron chi connectivity index (χ0n) is 16.1. The van der Waals surface area contributed by atoms with Crippen molar-refractivity contribution in [2.24, 2.45) is 11.3 Å². The monoisotopic (exact) mass is 290 g/mol. The molecular formula is C21H38. The average Bonchev–Trinajstić information content (AvgIpc) is 2.35. The molecule has 0 N–H and O–H groups in total. The van der Waals surface area contributed by atoms with Crippen LogP contribution in [0.2, 0.25) is 0 Å². The van der Waals surface area contributed by atoms with Gasteiger partial charge in [-0.3, -0.25) is 0 Å². The molecule has 0 radical (unpaired) electrons. The second-order valence-corrected chi connectivity index (χ2v) is 7.66. The van der Waals surface area contributed by atoms with Crippen molar-refractivity contribution in [3.05, 3.63) is 34.4 Å². The zero-order valence-corrected chi connectivity index (χ0v) is 16.1. The van der Waals surface area contributed by atoms with Crippen LogP contribution in [-0.2, 0) is 0 Å². The minimum atomic E-state index is 0.435. The SMILES string of the molecule is CCCC(C)(C)CC(C)C(C(C)=CC=C(C)C)=C(C)CC. The van der Waals surface area contributed by atoms with Crippen molar-refractivity contribution in [2.75, 3.05) is 0 Å². The summed E-state index contributed by atoms with van der Waals surface area (Å²) in [5, 5.41) is 0. The van der Waals surface area contributed by atoms with E-state index in [1.165, 1.54) is 30.4 Å². The van der Waals surface area contributed by atoms with Gasteiger partial charge in [0.2, 0.25) is 0 Å². The van der Waals surface area contributed by atoms with E-state index in [4.69, 9.17) is 0 Å². The smallest absolute Gasteiger partial charge is 0.0183 e. The van der Waals surface area contributed by atoms with E-state index in [1.54, 1.807) is 11.1 Å². The van der Waals surface area contributed by atoms with Crippen LogP contribution >= 0.6 is 0 Å². The molecule has 21 heavy (non-hydrogen) atoms. The van der Waals surface area contributed by atoms with Crippen LogP contribution in [0.3, 0.4) is 0 Å². The fourth-order valence-corrected chi connectivity index (χ4v) is 3.43. The summed E-state index contributed by atoms with van der Waals surface area (Å²) in [5.41, 5.74) is 6.37. The van der Waals surface area contributed by atoms with Crippen LogP contribution in [0.25, 0.3) is 0 Å². The number of rotatable bonds is 8. The number of hydrogen-bond acceptors (Lipinski definition) is 0. The molecule has 0 aromatic carbocycles. The molecule has 1 atom stereocenters. The lowest BCUT2D eigenvalue weighted by Crippen LogP contribution is -2.17. The molecule has 0 rings (SSSR count). The highest BCUT2D eigenvalue weighted by Gasteiger charge is 2.23. The van der Waals surface area contributed by atoms with Crippen molar-refractivity contribution >= 4 is 0 Å². The summed E-state index contributed by atoms with van der Waals surface area (Å²) >= 11 is 0. The topological polar surface area (TPSA) is 0 Å². The Balaban J connectivity index is 5.38. The summed E-state index contributed by atoms with van der Waals surface area (Å²) in [7, 11) is 0. The van der Waals surface area contributed by atoms with Gasteiger partial charge < -0.3 is 0 Å². The van der Waals surface area contributed by atoms with E-state index in [2.05, 4.69) is 74.5 Å². The Morgan fingerprint density at radius 2 is 1.57 bits per heavy atom. The summed E-state index contributed by atoms with van der Waals surface area (Å²) in [5.74, 6) is 0.633. The molecule has 0 aliphatic carbocycles. The van der Waals surface area contributed by atoms with Gasteiger partial charge in [0.1, 0.15) is 0 Å². The van der Waals surface area contributed by atoms with Gasteiger partial charge in [0.15, 0.2) is 0 Å². The Hall–Kier alpha value is -0.780. The summed E-state index contributed by atoms with van der Waals surface area (Å²) < 4.78 is 0. The zero-order chi connectivity index (χ0) is 16.6. The van der Waals surface area contributed by atoms with Gasteiger partial charge in [-0.05, 0) is 69.4 Å². The third-order valence-electron chi connectivity index (χ3n) is 4.36. The fourth-order valence-electron chi connectivity index (χ4n) is 3.43. The van der Waals surface area contributed by atoms with Gasteiger partial charge in [-0.25, -0.2) is 0 Å². The molecule has 122 valence electrons. The van der Waals surface area contributed by atoms with E-state index in [0.29, 0.717) is 11.3 Å². The van der Waals surface area contributed by atoms with Crippen molar-refractivity contribution in [2.45, 2.75) is 88.0 Å². The molecule has 0 aliphatic rings. The highest BCUT2D eigenvalue weighted by molar-refractivity contribution is 5.37. The lowest BCUT2D eigenvalue weighted by molar-refractivity contribution is 0.270. The molecule has 0 saturated carbocycles. The Labute approximate surface area is 134 Å². The largest absolute Gasteiger partial charge is 0.0764 e. The minimum Gasteiger partial charge on any atom is -0.0764 e. The third-order valence-corrected chi connectivity index (χ3v) is 4.36. The Kier molecular flexibility index (Phi) is 8.94. The van der Waals surface area contributed by atoms with E-state index in [9.17, 15) is 0 Å². The van der Waals surface area contributed by atoms with Crippen LogP contribution in [0.4, 0.5) is 0 Å². The van der Waals surface area contributed by atoms with Crippen molar-refractivity contribution in [1.82, 2.24) is 0 Å². The maximum absolute atomic E-state index is 2.42. The van der Waals surface area contributed by atoms with Crippen LogP contribution in [0, 0.1) is 11.3 Å². The second kappa shape index (κ2) is 9.28. The summed E-state index contributed by atoms with van der Waals surface area (Å²) in [6, 6.07) is 0. The van der Waals surface area contributed by atoms with Gasteiger partial charge in [0, 0.05) is 0 Å². The molecule has 0 fully saturated rings. The predicted molar refractivity (Wildman–Crippen MR) is 98.6 cm³/mol. The highest BCUT2D eigenvalue weighted by atomic mass is 14.3. The molecule has 0 saturated heterocycles. The van der Waals surface area contributed by atoms with Gasteiger partial charge in [-0.2, -0.15) is 0 Å². The third kappa shape index (κ3) is 7.69. The number of allylic oxidation sites excluding steroid dienone is 6. The van der Waals surface area contributed by atoms with Crippen LogP contribution in [-0.4, -0.2) is 0 Å². The Bertz CT molecular complexity index is 398. The second-order valence-electron chi connectivity index (χ2n) is 7.66. The van der Waals surface area contributed by atoms with Crippen LogP contribution < -0.4 is 0 Å². The van der Waals surface area contributed by atoms with E-state index < -0.39 is 0 Å². The maximum Gasteiger partial charge on any atom is -0.0183 e. The first-order chi connectivity index (χ1) is 9.64. The molecule has 0 heterocycles. The van der Waals surface area contributed by atoms with Gasteiger partial charge >= 0.3 is 0 Å². The van der Waals surface area contributed by atoms with Crippen LogP contribution in [0.5, 0.6) is 0 Å². The molecule has 0 heteroatoms. The van der Waals surface area contributed by atoms with E-state index in [-0.39, 0.29) is 0 Å². The molecule has 0 spiro atoms. The predicted octanol–water partition coefficient (Wildman–Crippen LogP) is 7.48. The van der Waals surface area contributed by atoms with Gasteiger partial charge in [0.25, 0.3) is 0 Å². The first kappa shape index (κ1) is 20.2. The Morgan fingerprint density at radius 1 is 1.00 bits per heavy atom. The average molecular weight is 291 g/mol. The van der Waals surface area contributed by atoms with Crippen molar-refractivity contribution in [3.8, 4) is 0 Å². The van der Waals surface area contributed by atoms with E-state index in [0.717, 1.165) is 6.42 Å². The van der Waals surface area contributed by atoms with Crippen molar-refractivity contribution in [1.29, 1.82) is 0 Å². The quantitative estimate of drug-likeness (QED) is 0.406. The first-order valence-corrected chi connectivity index (χ1v) is 8.66. The van der Waals surface area contributed by atoms with Crippen LogP contribution in [0.15, 0.2) is 34.4 Å². The summed E-state index contributed by atoms with van der Waals surface area (Å²) in [4.78, 5) is 0. The fraction of sp³-hybridized carbons (Fsp3) is 0.714. The molecule has 0 aromatic rings. The summed E-state index contributed by atoms with van der Waals surface area (Å²) in [6.07, 6.45) is 9.54. The number of hydrogen-bond donors (Lipinski definition) is 0. The lowest BCUT2D eigenvalue weighted by atomic mass is 9.75. The molecular weight excluding hydrogens is 252 g/mol. The van der Waals surface area contributed by atoms with Gasteiger partial charge in [-0.15, -0.1) is 0 Å². The molecule has 0 nitrogen and oxygen atoms in total. The lowest BCUT2D eigenvalue weighted by Gasteiger charge is -2.30. The summed E-state index contributed by atoms with van der Waals surface area (Å²) in [6.45, 7) is 20.7. The molecule has 0 amide bonds. The van der Waals surface area contributed by atoms with Crippen molar-refractivity contribution in [3.63, 3.8) is 0 Å². The van der Waals surface area contributed by atoms with Crippen LogP contribution in [0.1, 0.15) is 88.0 Å². The highest BCUT2D eigenvalue weighted by Crippen LogP contribution is 2.37.